The van der Waals surface area contributed by atoms with E-state index in [9.17, 15) is 8.42 Å². The van der Waals surface area contributed by atoms with Gasteiger partial charge in [-0.2, -0.15) is 11.8 Å². The fourth-order valence-corrected chi connectivity index (χ4v) is 3.70. The molecule has 0 radical (unpaired) electrons. The van der Waals surface area contributed by atoms with E-state index in [4.69, 9.17) is 4.74 Å². The SMILES string of the molecule is CSC1(CNc2ccc(S(C)(=O)=O)cc2)CCOCC1. The lowest BCUT2D eigenvalue weighted by Gasteiger charge is -2.36. The largest absolute Gasteiger partial charge is 0.384 e. The second-order valence-electron chi connectivity index (χ2n) is 5.15. The first-order valence-electron chi connectivity index (χ1n) is 6.62. The van der Waals surface area contributed by atoms with Gasteiger partial charge in [-0.3, -0.25) is 0 Å². The normalized spacial score (nSPS) is 18.7. The molecule has 0 saturated carbocycles. The maximum atomic E-state index is 11.4. The van der Waals surface area contributed by atoms with Crippen LogP contribution < -0.4 is 5.32 Å². The summed E-state index contributed by atoms with van der Waals surface area (Å²) in [6.45, 7) is 2.50. The second-order valence-corrected chi connectivity index (χ2v) is 8.44. The van der Waals surface area contributed by atoms with Gasteiger partial charge in [0, 0.05) is 36.4 Å². The Morgan fingerprint density at radius 1 is 1.25 bits per heavy atom. The summed E-state index contributed by atoms with van der Waals surface area (Å²) >= 11 is 1.88. The molecule has 1 aromatic rings. The van der Waals surface area contributed by atoms with E-state index in [1.807, 2.05) is 23.9 Å². The van der Waals surface area contributed by atoms with E-state index >= 15 is 0 Å². The molecule has 0 spiro atoms. The molecule has 1 saturated heterocycles. The number of hydrogen-bond acceptors (Lipinski definition) is 5. The van der Waals surface area contributed by atoms with Crippen molar-refractivity contribution in [2.75, 3.05) is 37.6 Å². The highest BCUT2D eigenvalue weighted by Crippen LogP contribution is 2.34. The zero-order valence-electron chi connectivity index (χ0n) is 11.9. The molecule has 0 unspecified atom stereocenters. The van der Waals surface area contributed by atoms with E-state index in [-0.39, 0.29) is 4.75 Å². The highest BCUT2D eigenvalue weighted by molar-refractivity contribution is 8.00. The molecule has 1 heterocycles. The van der Waals surface area contributed by atoms with Gasteiger partial charge in [-0.1, -0.05) is 0 Å². The number of thioether (sulfide) groups is 1. The number of nitrogens with one attached hydrogen (secondary N) is 1. The third kappa shape index (κ3) is 3.90. The van der Waals surface area contributed by atoms with Crippen molar-refractivity contribution < 1.29 is 13.2 Å². The van der Waals surface area contributed by atoms with Crippen LogP contribution in [0.1, 0.15) is 12.8 Å². The maximum Gasteiger partial charge on any atom is 0.175 e. The Hall–Kier alpha value is -0.720. The quantitative estimate of drug-likeness (QED) is 0.904. The Balaban J connectivity index is 2.00. The van der Waals surface area contributed by atoms with Gasteiger partial charge in [0.15, 0.2) is 9.84 Å². The molecule has 2 rings (SSSR count). The molecular formula is C14H21NO3S2. The topological polar surface area (TPSA) is 55.4 Å². The van der Waals surface area contributed by atoms with Crippen molar-refractivity contribution in [3.8, 4) is 0 Å². The fraction of sp³-hybridized carbons (Fsp3) is 0.571. The second kappa shape index (κ2) is 6.37. The molecule has 0 bridgehead atoms. The maximum absolute atomic E-state index is 11.4. The Bertz CT molecular complexity index is 534. The Morgan fingerprint density at radius 2 is 1.85 bits per heavy atom. The first kappa shape index (κ1) is 15.7. The van der Waals surface area contributed by atoms with Crippen molar-refractivity contribution in [2.45, 2.75) is 22.5 Å². The minimum atomic E-state index is -3.12. The molecule has 0 aliphatic carbocycles. The number of benzene rings is 1. The van der Waals surface area contributed by atoms with E-state index in [2.05, 4.69) is 11.6 Å². The average molecular weight is 315 g/mol. The van der Waals surface area contributed by atoms with Crippen LogP contribution in [0, 0.1) is 0 Å². The highest BCUT2D eigenvalue weighted by atomic mass is 32.2. The molecule has 1 fully saturated rings. The number of sulfone groups is 1. The molecular weight excluding hydrogens is 294 g/mol. The van der Waals surface area contributed by atoms with E-state index < -0.39 is 9.84 Å². The first-order valence-corrected chi connectivity index (χ1v) is 9.74. The molecule has 4 nitrogen and oxygen atoms in total. The summed E-state index contributed by atoms with van der Waals surface area (Å²) in [6.07, 6.45) is 5.45. The monoisotopic (exact) mass is 315 g/mol. The van der Waals surface area contributed by atoms with Crippen LogP contribution in [0.2, 0.25) is 0 Å². The van der Waals surface area contributed by atoms with Gasteiger partial charge in [0.25, 0.3) is 0 Å². The lowest BCUT2D eigenvalue weighted by molar-refractivity contribution is 0.0802. The number of hydrogen-bond donors (Lipinski definition) is 1. The third-order valence-corrected chi connectivity index (χ3v) is 6.28. The standard InChI is InChI=1S/C14H21NO3S2/c1-19-14(7-9-18-10-8-14)11-15-12-3-5-13(6-4-12)20(2,16)17/h3-6,15H,7-11H2,1-2H3. The van der Waals surface area contributed by atoms with Crippen molar-refractivity contribution in [2.24, 2.45) is 0 Å². The summed E-state index contributed by atoms with van der Waals surface area (Å²) in [5.74, 6) is 0. The third-order valence-electron chi connectivity index (χ3n) is 3.73. The predicted molar refractivity (Wildman–Crippen MR) is 84.3 cm³/mol. The van der Waals surface area contributed by atoms with Crippen LogP contribution in [0.5, 0.6) is 0 Å². The highest BCUT2D eigenvalue weighted by Gasteiger charge is 2.31. The zero-order chi connectivity index (χ0) is 14.6. The lowest BCUT2D eigenvalue weighted by Crippen LogP contribution is -2.39. The van der Waals surface area contributed by atoms with Gasteiger partial charge in [-0.15, -0.1) is 0 Å². The van der Waals surface area contributed by atoms with Gasteiger partial charge in [-0.25, -0.2) is 8.42 Å². The van der Waals surface area contributed by atoms with Gasteiger partial charge in [0.05, 0.1) is 4.90 Å². The summed E-state index contributed by atoms with van der Waals surface area (Å²) in [5, 5.41) is 3.41. The van der Waals surface area contributed by atoms with E-state index in [1.165, 1.54) is 6.26 Å². The minimum absolute atomic E-state index is 0.216. The summed E-state index contributed by atoms with van der Waals surface area (Å²) in [5.41, 5.74) is 0.956. The summed E-state index contributed by atoms with van der Waals surface area (Å²) in [7, 11) is -3.12. The molecule has 112 valence electrons. The fourth-order valence-electron chi connectivity index (χ4n) is 2.28. The molecule has 0 aromatic heterocycles. The minimum Gasteiger partial charge on any atom is -0.384 e. The summed E-state index contributed by atoms with van der Waals surface area (Å²) in [4.78, 5) is 0.355. The van der Waals surface area contributed by atoms with Gasteiger partial charge >= 0.3 is 0 Å². The van der Waals surface area contributed by atoms with Crippen LogP contribution in [0.4, 0.5) is 5.69 Å². The molecule has 20 heavy (non-hydrogen) atoms. The van der Waals surface area contributed by atoms with Crippen molar-refractivity contribution in [1.29, 1.82) is 0 Å². The molecule has 1 aliphatic heterocycles. The van der Waals surface area contributed by atoms with Crippen LogP contribution >= 0.6 is 11.8 Å². The smallest absolute Gasteiger partial charge is 0.175 e. The number of anilines is 1. The van der Waals surface area contributed by atoms with Crippen molar-refractivity contribution in [3.63, 3.8) is 0 Å². The van der Waals surface area contributed by atoms with E-state index in [0.29, 0.717) is 4.90 Å². The van der Waals surface area contributed by atoms with Gasteiger partial charge in [0.2, 0.25) is 0 Å². The molecule has 1 aromatic carbocycles. The van der Waals surface area contributed by atoms with E-state index in [1.54, 1.807) is 12.1 Å². The van der Waals surface area contributed by atoms with Crippen LogP contribution in [0.15, 0.2) is 29.2 Å². The molecule has 1 aliphatic rings. The van der Waals surface area contributed by atoms with Crippen molar-refractivity contribution in [1.82, 2.24) is 0 Å². The number of rotatable bonds is 5. The molecule has 6 heteroatoms. The Labute approximate surface area is 125 Å². The van der Waals surface area contributed by atoms with Crippen molar-refractivity contribution in [3.05, 3.63) is 24.3 Å². The van der Waals surface area contributed by atoms with Crippen LogP contribution in [-0.2, 0) is 14.6 Å². The van der Waals surface area contributed by atoms with Crippen LogP contribution in [0.3, 0.4) is 0 Å². The summed E-state index contributed by atoms with van der Waals surface area (Å²) < 4.78 is 28.5. The van der Waals surface area contributed by atoms with E-state index in [0.717, 1.165) is 38.3 Å². The molecule has 1 N–H and O–H groups in total. The Morgan fingerprint density at radius 3 is 2.35 bits per heavy atom. The van der Waals surface area contributed by atoms with Gasteiger partial charge < -0.3 is 10.1 Å². The van der Waals surface area contributed by atoms with Crippen LogP contribution in [0.25, 0.3) is 0 Å². The van der Waals surface area contributed by atoms with Crippen LogP contribution in [-0.4, -0.2) is 45.4 Å². The average Bonchev–Trinajstić information content (AvgIpc) is 2.46. The van der Waals surface area contributed by atoms with Gasteiger partial charge in [0.1, 0.15) is 0 Å². The Kier molecular flexibility index (Phi) is 4.99. The number of ether oxygens (including phenoxy) is 1. The summed E-state index contributed by atoms with van der Waals surface area (Å²) in [6, 6.07) is 6.94. The molecule has 0 amide bonds. The molecule has 0 atom stereocenters. The lowest BCUT2D eigenvalue weighted by atomic mass is 9.99. The van der Waals surface area contributed by atoms with Gasteiger partial charge in [-0.05, 0) is 43.4 Å². The predicted octanol–water partition coefficient (Wildman–Crippen LogP) is 2.41. The van der Waals surface area contributed by atoms with Crippen molar-refractivity contribution >= 4 is 27.3 Å². The first-order chi connectivity index (χ1) is 9.45. The zero-order valence-corrected chi connectivity index (χ0v) is 13.5.